The fraction of sp³-hybridized carbons (Fsp3) is 0.250. The SMILES string of the molecule is CC(C)n1nccc1NC(=O)CNC(=O)Cc1cccc2ccccc12. The molecule has 134 valence electrons. The molecular weight excluding hydrogens is 328 g/mol. The van der Waals surface area contributed by atoms with E-state index < -0.39 is 0 Å². The van der Waals surface area contributed by atoms with Crippen molar-refractivity contribution in [3.8, 4) is 0 Å². The summed E-state index contributed by atoms with van der Waals surface area (Å²) in [7, 11) is 0. The van der Waals surface area contributed by atoms with E-state index in [0.29, 0.717) is 5.82 Å². The molecule has 0 aliphatic heterocycles. The Hall–Kier alpha value is -3.15. The normalized spacial score (nSPS) is 10.9. The molecule has 3 aromatic rings. The highest BCUT2D eigenvalue weighted by Crippen LogP contribution is 2.18. The Morgan fingerprint density at radius 2 is 1.81 bits per heavy atom. The molecule has 26 heavy (non-hydrogen) atoms. The molecule has 6 nitrogen and oxygen atoms in total. The standard InChI is InChI=1S/C20H22N4O2/c1-14(2)24-18(10-11-22-24)23-20(26)13-21-19(25)12-16-8-5-7-15-6-3-4-9-17(15)16/h3-11,14H,12-13H2,1-2H3,(H,21,25)(H,23,26). The third-order valence-electron chi connectivity index (χ3n) is 4.10. The number of carbonyl (C=O) groups excluding carboxylic acids is 2. The van der Waals surface area contributed by atoms with Gasteiger partial charge in [-0.1, -0.05) is 42.5 Å². The smallest absolute Gasteiger partial charge is 0.244 e. The van der Waals surface area contributed by atoms with Gasteiger partial charge in [0.1, 0.15) is 5.82 Å². The molecule has 0 radical (unpaired) electrons. The highest BCUT2D eigenvalue weighted by atomic mass is 16.2. The second kappa shape index (κ2) is 7.82. The van der Waals surface area contributed by atoms with Crippen molar-refractivity contribution in [2.45, 2.75) is 26.3 Å². The molecule has 0 bridgehead atoms. The lowest BCUT2D eigenvalue weighted by molar-refractivity contribution is -0.123. The van der Waals surface area contributed by atoms with Crippen LogP contribution in [0.1, 0.15) is 25.5 Å². The van der Waals surface area contributed by atoms with Gasteiger partial charge in [-0.05, 0) is 30.2 Å². The van der Waals surface area contributed by atoms with Crippen LogP contribution < -0.4 is 10.6 Å². The zero-order chi connectivity index (χ0) is 18.5. The van der Waals surface area contributed by atoms with Gasteiger partial charge in [-0.2, -0.15) is 5.10 Å². The van der Waals surface area contributed by atoms with Gasteiger partial charge in [-0.3, -0.25) is 9.59 Å². The molecule has 2 amide bonds. The van der Waals surface area contributed by atoms with Gasteiger partial charge in [0.25, 0.3) is 0 Å². The number of nitrogens with zero attached hydrogens (tertiary/aromatic N) is 2. The van der Waals surface area contributed by atoms with Gasteiger partial charge in [0.05, 0.1) is 19.2 Å². The Morgan fingerprint density at radius 1 is 1.04 bits per heavy atom. The van der Waals surface area contributed by atoms with Gasteiger partial charge in [-0.25, -0.2) is 4.68 Å². The molecule has 0 saturated heterocycles. The van der Waals surface area contributed by atoms with E-state index in [0.717, 1.165) is 16.3 Å². The number of hydrogen-bond donors (Lipinski definition) is 2. The van der Waals surface area contributed by atoms with Crippen LogP contribution in [0.3, 0.4) is 0 Å². The Balaban J connectivity index is 1.57. The highest BCUT2D eigenvalue weighted by Gasteiger charge is 2.11. The van der Waals surface area contributed by atoms with Gasteiger partial charge in [0, 0.05) is 12.1 Å². The van der Waals surface area contributed by atoms with E-state index in [1.807, 2.05) is 56.3 Å². The molecule has 3 rings (SSSR count). The van der Waals surface area contributed by atoms with Crippen molar-refractivity contribution in [3.05, 3.63) is 60.3 Å². The molecule has 0 aliphatic carbocycles. The number of hydrogen-bond acceptors (Lipinski definition) is 3. The minimum absolute atomic E-state index is 0.0765. The lowest BCUT2D eigenvalue weighted by Crippen LogP contribution is -2.34. The molecule has 0 saturated carbocycles. The summed E-state index contributed by atoms with van der Waals surface area (Å²) in [6, 6.07) is 15.7. The van der Waals surface area contributed by atoms with E-state index in [1.165, 1.54) is 0 Å². The number of rotatable bonds is 6. The van der Waals surface area contributed by atoms with E-state index in [9.17, 15) is 9.59 Å². The third-order valence-corrected chi connectivity index (χ3v) is 4.10. The molecule has 2 aromatic carbocycles. The van der Waals surface area contributed by atoms with Crippen LogP contribution in [0.15, 0.2) is 54.7 Å². The lowest BCUT2D eigenvalue weighted by Gasteiger charge is -2.12. The third kappa shape index (κ3) is 4.08. The number of nitrogens with one attached hydrogen (secondary N) is 2. The molecule has 0 aliphatic rings. The number of anilines is 1. The van der Waals surface area contributed by atoms with Crippen LogP contribution >= 0.6 is 0 Å². The van der Waals surface area contributed by atoms with Crippen molar-refractivity contribution >= 4 is 28.4 Å². The van der Waals surface area contributed by atoms with Crippen molar-refractivity contribution in [3.63, 3.8) is 0 Å². The van der Waals surface area contributed by atoms with Gasteiger partial charge in [0.15, 0.2) is 0 Å². The van der Waals surface area contributed by atoms with E-state index in [1.54, 1.807) is 16.9 Å². The molecule has 0 spiro atoms. The van der Waals surface area contributed by atoms with Crippen LogP contribution in [0.5, 0.6) is 0 Å². The second-order valence-corrected chi connectivity index (χ2v) is 6.39. The van der Waals surface area contributed by atoms with Crippen LogP contribution in [0.4, 0.5) is 5.82 Å². The van der Waals surface area contributed by atoms with Crippen molar-refractivity contribution in [1.82, 2.24) is 15.1 Å². The van der Waals surface area contributed by atoms with Crippen molar-refractivity contribution < 1.29 is 9.59 Å². The summed E-state index contributed by atoms with van der Waals surface area (Å²) >= 11 is 0. The van der Waals surface area contributed by atoms with Crippen molar-refractivity contribution in [2.24, 2.45) is 0 Å². The van der Waals surface area contributed by atoms with Crippen LogP contribution in [-0.4, -0.2) is 28.1 Å². The molecular formula is C20H22N4O2. The largest absolute Gasteiger partial charge is 0.347 e. The highest BCUT2D eigenvalue weighted by molar-refractivity contribution is 5.95. The van der Waals surface area contributed by atoms with E-state index in [2.05, 4.69) is 15.7 Å². The van der Waals surface area contributed by atoms with Crippen molar-refractivity contribution in [2.75, 3.05) is 11.9 Å². The summed E-state index contributed by atoms with van der Waals surface area (Å²) in [6.45, 7) is 3.89. The number of amides is 2. The maximum Gasteiger partial charge on any atom is 0.244 e. The molecule has 0 unspecified atom stereocenters. The fourth-order valence-corrected chi connectivity index (χ4v) is 2.87. The van der Waals surface area contributed by atoms with E-state index >= 15 is 0 Å². The Morgan fingerprint density at radius 3 is 2.62 bits per heavy atom. The average Bonchev–Trinajstić information content (AvgIpc) is 3.09. The van der Waals surface area contributed by atoms with Crippen LogP contribution in [-0.2, 0) is 16.0 Å². The summed E-state index contributed by atoms with van der Waals surface area (Å²) in [5, 5.41) is 11.8. The minimum Gasteiger partial charge on any atom is -0.347 e. The Kier molecular flexibility index (Phi) is 5.31. The Labute approximate surface area is 152 Å². The van der Waals surface area contributed by atoms with Gasteiger partial charge in [-0.15, -0.1) is 0 Å². The fourth-order valence-electron chi connectivity index (χ4n) is 2.87. The van der Waals surface area contributed by atoms with E-state index in [4.69, 9.17) is 0 Å². The quantitative estimate of drug-likeness (QED) is 0.718. The maximum atomic E-state index is 12.2. The summed E-state index contributed by atoms with van der Waals surface area (Å²) in [4.78, 5) is 24.3. The first-order chi connectivity index (χ1) is 12.5. The maximum absolute atomic E-state index is 12.2. The molecule has 6 heteroatoms. The number of fused-ring (bicyclic) bond motifs is 1. The second-order valence-electron chi connectivity index (χ2n) is 6.39. The summed E-state index contributed by atoms with van der Waals surface area (Å²) in [6.07, 6.45) is 1.87. The monoisotopic (exact) mass is 350 g/mol. The topological polar surface area (TPSA) is 76.0 Å². The predicted octanol–water partition coefficient (Wildman–Crippen LogP) is 2.91. The zero-order valence-electron chi connectivity index (χ0n) is 14.9. The zero-order valence-corrected chi connectivity index (χ0v) is 14.9. The first-order valence-electron chi connectivity index (χ1n) is 8.61. The summed E-state index contributed by atoms with van der Waals surface area (Å²) in [5.41, 5.74) is 0.943. The molecule has 0 fully saturated rings. The molecule has 0 atom stereocenters. The number of benzene rings is 2. The van der Waals surface area contributed by atoms with Crippen LogP contribution in [0.2, 0.25) is 0 Å². The van der Waals surface area contributed by atoms with Crippen molar-refractivity contribution in [1.29, 1.82) is 0 Å². The van der Waals surface area contributed by atoms with Gasteiger partial charge in [0.2, 0.25) is 11.8 Å². The molecule has 1 heterocycles. The van der Waals surface area contributed by atoms with E-state index in [-0.39, 0.29) is 30.8 Å². The molecule has 1 aromatic heterocycles. The minimum atomic E-state index is -0.279. The average molecular weight is 350 g/mol. The van der Waals surface area contributed by atoms with Crippen LogP contribution in [0, 0.1) is 0 Å². The van der Waals surface area contributed by atoms with Gasteiger partial charge >= 0.3 is 0 Å². The summed E-state index contributed by atoms with van der Waals surface area (Å²) in [5.74, 6) is 0.154. The first-order valence-corrected chi connectivity index (χ1v) is 8.61. The number of carbonyl (C=O) groups is 2. The first kappa shape index (κ1) is 17.7. The summed E-state index contributed by atoms with van der Waals surface area (Å²) < 4.78 is 1.72. The predicted molar refractivity (Wildman–Crippen MR) is 102 cm³/mol. The Bertz CT molecular complexity index is 925. The van der Waals surface area contributed by atoms with Gasteiger partial charge < -0.3 is 10.6 Å². The number of aromatic nitrogens is 2. The lowest BCUT2D eigenvalue weighted by atomic mass is 10.0. The van der Waals surface area contributed by atoms with Crippen LogP contribution in [0.25, 0.3) is 10.8 Å². The molecule has 2 N–H and O–H groups in total.